The number of aryl methyl sites for hydroxylation is 1. The summed E-state index contributed by atoms with van der Waals surface area (Å²) in [6.45, 7) is 8.11. The molecule has 0 radical (unpaired) electrons. The van der Waals surface area contributed by atoms with Gasteiger partial charge >= 0.3 is 0 Å². The van der Waals surface area contributed by atoms with Crippen molar-refractivity contribution < 1.29 is 9.18 Å². The molecule has 39 heavy (non-hydrogen) atoms. The van der Waals surface area contributed by atoms with E-state index in [-0.39, 0.29) is 17.1 Å². The van der Waals surface area contributed by atoms with Crippen LogP contribution in [0.15, 0.2) is 73.1 Å². The molecular weight excluding hydrogens is 491 g/mol. The monoisotopic (exact) mass is 518 g/mol. The Balaban J connectivity index is 1.48. The lowest BCUT2D eigenvalue weighted by Gasteiger charge is -2.14. The van der Waals surface area contributed by atoms with Crippen molar-refractivity contribution in [3.63, 3.8) is 0 Å². The van der Waals surface area contributed by atoms with E-state index in [2.05, 4.69) is 47.9 Å². The van der Waals surface area contributed by atoms with E-state index in [1.54, 1.807) is 23.0 Å². The Morgan fingerprint density at radius 3 is 2.62 bits per heavy atom. The fourth-order valence-corrected chi connectivity index (χ4v) is 3.97. The molecule has 0 unspecified atom stereocenters. The molecule has 0 aliphatic heterocycles. The molecule has 8 heteroatoms. The van der Waals surface area contributed by atoms with Gasteiger partial charge in [0.05, 0.1) is 16.9 Å². The third-order valence-corrected chi connectivity index (χ3v) is 6.26. The molecule has 5 rings (SSSR count). The fraction of sp³-hybridized carbons (Fsp3) is 0.161. The molecule has 7 nitrogen and oxygen atoms in total. The average molecular weight is 519 g/mol. The maximum absolute atomic E-state index is 13.8. The summed E-state index contributed by atoms with van der Waals surface area (Å²) < 4.78 is 15.5. The second-order valence-electron chi connectivity index (χ2n) is 10.3. The number of halogens is 1. The highest BCUT2D eigenvalue weighted by Gasteiger charge is 2.22. The van der Waals surface area contributed by atoms with Crippen molar-refractivity contribution in [1.82, 2.24) is 19.7 Å². The predicted octanol–water partition coefficient (Wildman–Crippen LogP) is 5.79. The Morgan fingerprint density at radius 2 is 1.85 bits per heavy atom. The first kappa shape index (κ1) is 25.6. The number of carbonyl (C=O) groups is 1. The minimum atomic E-state index is -0.624. The summed E-state index contributed by atoms with van der Waals surface area (Å²) in [4.78, 5) is 21.6. The first-order valence-electron chi connectivity index (χ1n) is 12.4. The second-order valence-corrected chi connectivity index (χ2v) is 10.3. The first-order chi connectivity index (χ1) is 18.6. The number of nitrogens with one attached hydrogen (secondary N) is 1. The van der Waals surface area contributed by atoms with E-state index >= 15 is 0 Å². The van der Waals surface area contributed by atoms with E-state index in [4.69, 9.17) is 10.8 Å². The van der Waals surface area contributed by atoms with Crippen LogP contribution < -0.4 is 11.1 Å². The molecule has 0 atom stereocenters. The summed E-state index contributed by atoms with van der Waals surface area (Å²) >= 11 is 0. The quantitative estimate of drug-likeness (QED) is 0.294. The largest absolute Gasteiger partial charge is 0.381 e. The summed E-state index contributed by atoms with van der Waals surface area (Å²) in [5, 5.41) is 8.82. The molecule has 3 aromatic heterocycles. The van der Waals surface area contributed by atoms with Crippen LogP contribution in [0, 0.1) is 24.6 Å². The van der Waals surface area contributed by atoms with Gasteiger partial charge < -0.3 is 11.1 Å². The van der Waals surface area contributed by atoms with Gasteiger partial charge in [-0.2, -0.15) is 5.10 Å². The van der Waals surface area contributed by atoms with Crippen LogP contribution in [-0.2, 0) is 5.41 Å². The van der Waals surface area contributed by atoms with Gasteiger partial charge in [-0.3, -0.25) is 9.78 Å². The van der Waals surface area contributed by atoms with Gasteiger partial charge in [-0.05, 0) is 55.0 Å². The SMILES string of the molecule is Cc1ccc(C(=O)Nc2cc(C(C)(C)C)nn2-c2ccc3ncccc3c2)cc1C#Cc1cnc(N)c(F)c1. The number of pyridine rings is 2. The lowest BCUT2D eigenvalue weighted by atomic mass is 9.92. The van der Waals surface area contributed by atoms with Crippen molar-refractivity contribution in [2.24, 2.45) is 0 Å². The summed E-state index contributed by atoms with van der Waals surface area (Å²) in [6.07, 6.45) is 3.17. The third-order valence-electron chi connectivity index (χ3n) is 6.26. The predicted molar refractivity (Wildman–Crippen MR) is 151 cm³/mol. The van der Waals surface area contributed by atoms with Gasteiger partial charge in [-0.15, -0.1) is 0 Å². The number of amides is 1. The third kappa shape index (κ3) is 5.48. The number of fused-ring (bicyclic) bond motifs is 1. The van der Waals surface area contributed by atoms with Gasteiger partial charge in [0.25, 0.3) is 5.91 Å². The molecule has 0 saturated carbocycles. The van der Waals surface area contributed by atoms with Crippen LogP contribution in [0.1, 0.15) is 53.5 Å². The zero-order valence-corrected chi connectivity index (χ0v) is 22.1. The normalized spacial score (nSPS) is 11.2. The van der Waals surface area contributed by atoms with Gasteiger partial charge in [-0.1, -0.05) is 44.7 Å². The van der Waals surface area contributed by atoms with Gasteiger partial charge in [0.1, 0.15) is 5.82 Å². The number of nitrogens with zero attached hydrogens (tertiary/aromatic N) is 4. The standard InChI is InChI=1S/C31H27FN6O/c1-19-7-9-23(15-21(19)10-8-20-14-25(32)29(33)35-18-20)30(39)36-28-17-27(31(2,3)4)37-38(28)24-11-12-26-22(16-24)6-5-13-34-26/h5-7,9,11-18H,1-4H3,(H2,33,35)(H,36,39). The molecule has 5 aromatic rings. The number of nitrogen functional groups attached to an aromatic ring is 1. The van der Waals surface area contributed by atoms with Gasteiger partial charge in [0.15, 0.2) is 11.6 Å². The molecule has 0 aliphatic rings. The molecule has 0 bridgehead atoms. The molecule has 3 heterocycles. The van der Waals surface area contributed by atoms with E-state index in [0.29, 0.717) is 22.5 Å². The highest BCUT2D eigenvalue weighted by molar-refractivity contribution is 6.04. The number of aromatic nitrogens is 4. The van der Waals surface area contributed by atoms with E-state index in [1.165, 1.54) is 12.3 Å². The zero-order valence-electron chi connectivity index (χ0n) is 22.1. The van der Waals surface area contributed by atoms with E-state index in [9.17, 15) is 9.18 Å². The maximum atomic E-state index is 13.8. The molecule has 2 aromatic carbocycles. The van der Waals surface area contributed by atoms with Gasteiger partial charge in [0, 0.05) is 46.0 Å². The molecule has 0 spiro atoms. The summed E-state index contributed by atoms with van der Waals surface area (Å²) in [5.41, 5.74) is 10.1. The average Bonchev–Trinajstić information content (AvgIpc) is 3.34. The van der Waals surface area contributed by atoms with Gasteiger partial charge in [-0.25, -0.2) is 14.1 Å². The molecular formula is C31H27FN6O. The molecule has 3 N–H and O–H groups in total. The number of benzene rings is 2. The Bertz CT molecular complexity index is 1790. The minimum absolute atomic E-state index is 0.176. The fourth-order valence-electron chi connectivity index (χ4n) is 3.97. The van der Waals surface area contributed by atoms with Crippen molar-refractivity contribution in [3.05, 3.63) is 107 Å². The first-order valence-corrected chi connectivity index (χ1v) is 12.4. The van der Waals surface area contributed by atoms with Crippen molar-refractivity contribution >= 4 is 28.4 Å². The van der Waals surface area contributed by atoms with E-state index in [0.717, 1.165) is 27.8 Å². The van der Waals surface area contributed by atoms with E-state index < -0.39 is 5.82 Å². The summed E-state index contributed by atoms with van der Waals surface area (Å²) in [6, 6.07) is 18.1. The Labute approximate surface area is 225 Å². The Kier molecular flexibility index (Phi) is 6.59. The van der Waals surface area contributed by atoms with Crippen LogP contribution in [-0.4, -0.2) is 25.7 Å². The molecule has 1 amide bonds. The van der Waals surface area contributed by atoms with Crippen LogP contribution in [0.5, 0.6) is 0 Å². The highest BCUT2D eigenvalue weighted by atomic mass is 19.1. The summed E-state index contributed by atoms with van der Waals surface area (Å²) in [5.74, 6) is 5.35. The maximum Gasteiger partial charge on any atom is 0.256 e. The van der Waals surface area contributed by atoms with Crippen molar-refractivity contribution in [2.45, 2.75) is 33.1 Å². The lowest BCUT2D eigenvalue weighted by Crippen LogP contribution is -2.15. The van der Waals surface area contributed by atoms with Crippen LogP contribution in [0.25, 0.3) is 16.6 Å². The topological polar surface area (TPSA) is 98.7 Å². The van der Waals surface area contributed by atoms with Crippen LogP contribution >= 0.6 is 0 Å². The number of hydrogen-bond acceptors (Lipinski definition) is 5. The van der Waals surface area contributed by atoms with Crippen LogP contribution in [0.2, 0.25) is 0 Å². The Hall–Kier alpha value is -5.03. The zero-order chi connectivity index (χ0) is 27.7. The number of carbonyl (C=O) groups excluding carboxylic acids is 1. The molecule has 0 fully saturated rings. The molecule has 0 aliphatic carbocycles. The van der Waals surface area contributed by atoms with Crippen molar-refractivity contribution in [3.8, 4) is 17.5 Å². The highest BCUT2D eigenvalue weighted by Crippen LogP contribution is 2.28. The summed E-state index contributed by atoms with van der Waals surface area (Å²) in [7, 11) is 0. The van der Waals surface area contributed by atoms with Crippen molar-refractivity contribution in [2.75, 3.05) is 11.1 Å². The minimum Gasteiger partial charge on any atom is -0.381 e. The van der Waals surface area contributed by atoms with Gasteiger partial charge in [0.2, 0.25) is 0 Å². The van der Waals surface area contributed by atoms with Crippen molar-refractivity contribution in [1.29, 1.82) is 0 Å². The number of anilines is 2. The Morgan fingerprint density at radius 1 is 1.03 bits per heavy atom. The molecule has 194 valence electrons. The van der Waals surface area contributed by atoms with Crippen LogP contribution in [0.4, 0.5) is 16.0 Å². The van der Waals surface area contributed by atoms with E-state index in [1.807, 2.05) is 49.4 Å². The van der Waals surface area contributed by atoms with Crippen LogP contribution in [0.3, 0.4) is 0 Å². The molecule has 0 saturated heterocycles. The number of rotatable bonds is 3. The lowest BCUT2D eigenvalue weighted by molar-refractivity contribution is 0.102. The smallest absolute Gasteiger partial charge is 0.256 e. The number of nitrogens with two attached hydrogens (primary N) is 1. The number of hydrogen-bond donors (Lipinski definition) is 2. The second kappa shape index (κ2) is 10.0.